The Kier molecular flexibility index (Phi) is 5.38. The first-order valence-corrected chi connectivity index (χ1v) is 7.27. The van der Waals surface area contributed by atoms with E-state index in [0.717, 1.165) is 25.2 Å². The van der Waals surface area contributed by atoms with Crippen LogP contribution < -0.4 is 5.32 Å². The van der Waals surface area contributed by atoms with Crippen LogP contribution in [0.15, 0.2) is 24.3 Å². The van der Waals surface area contributed by atoms with Crippen LogP contribution in [0.2, 0.25) is 0 Å². The highest BCUT2D eigenvalue weighted by Gasteiger charge is 2.21. The van der Waals surface area contributed by atoms with Crippen LogP contribution in [0.1, 0.15) is 37.3 Å². The zero-order valence-corrected chi connectivity index (χ0v) is 11.7. The van der Waals surface area contributed by atoms with E-state index in [1.165, 1.54) is 31.4 Å². The zero-order chi connectivity index (χ0) is 13.5. The number of nitrogens with zero attached hydrogens (tertiary/aromatic N) is 2. The van der Waals surface area contributed by atoms with Gasteiger partial charge < -0.3 is 5.32 Å². The fraction of sp³-hybridized carbons (Fsp3) is 0.562. The molecule has 1 heterocycles. The molecule has 0 spiro atoms. The lowest BCUT2D eigenvalue weighted by Crippen LogP contribution is -2.44. The predicted molar refractivity (Wildman–Crippen MR) is 77.7 cm³/mol. The Morgan fingerprint density at radius 3 is 2.79 bits per heavy atom. The van der Waals surface area contributed by atoms with Crippen molar-refractivity contribution >= 4 is 0 Å². The van der Waals surface area contributed by atoms with E-state index in [1.807, 2.05) is 12.1 Å². The molecule has 1 atom stereocenters. The Hall–Kier alpha value is -1.37. The SMILES string of the molecule is CCNCC1CCCCN1Cc1ccc(C#N)cc1. The van der Waals surface area contributed by atoms with Gasteiger partial charge in [0, 0.05) is 19.1 Å². The summed E-state index contributed by atoms with van der Waals surface area (Å²) in [6.07, 6.45) is 3.95. The Balaban J connectivity index is 1.96. The Morgan fingerprint density at radius 2 is 2.11 bits per heavy atom. The number of nitriles is 1. The van der Waals surface area contributed by atoms with Crippen LogP contribution in [0.25, 0.3) is 0 Å². The maximum absolute atomic E-state index is 8.82. The molecule has 0 bridgehead atoms. The molecular formula is C16H23N3. The van der Waals surface area contributed by atoms with Crippen LogP contribution in [0.3, 0.4) is 0 Å². The molecule has 1 aromatic rings. The molecule has 102 valence electrons. The summed E-state index contributed by atoms with van der Waals surface area (Å²) in [4.78, 5) is 2.58. The molecule has 0 aromatic heterocycles. The molecule has 1 N–H and O–H groups in total. The Morgan fingerprint density at radius 1 is 1.32 bits per heavy atom. The van der Waals surface area contributed by atoms with Gasteiger partial charge in [-0.3, -0.25) is 4.90 Å². The van der Waals surface area contributed by atoms with Crippen molar-refractivity contribution in [2.24, 2.45) is 0 Å². The number of benzene rings is 1. The molecule has 1 fully saturated rings. The van der Waals surface area contributed by atoms with E-state index in [1.54, 1.807) is 0 Å². The van der Waals surface area contributed by atoms with E-state index in [4.69, 9.17) is 5.26 Å². The largest absolute Gasteiger partial charge is 0.315 e. The fourth-order valence-electron chi connectivity index (χ4n) is 2.73. The zero-order valence-electron chi connectivity index (χ0n) is 11.7. The molecule has 1 aliphatic rings. The van der Waals surface area contributed by atoms with Gasteiger partial charge in [-0.05, 0) is 43.6 Å². The van der Waals surface area contributed by atoms with E-state index >= 15 is 0 Å². The van der Waals surface area contributed by atoms with Crippen LogP contribution >= 0.6 is 0 Å². The average molecular weight is 257 g/mol. The standard InChI is InChI=1S/C16H23N3/c1-2-18-12-16-5-3-4-10-19(16)13-15-8-6-14(11-17)7-9-15/h6-9,16,18H,2-5,10,12-13H2,1H3. The second-order valence-electron chi connectivity index (χ2n) is 5.24. The van der Waals surface area contributed by atoms with E-state index in [-0.39, 0.29) is 0 Å². The van der Waals surface area contributed by atoms with Crippen molar-refractivity contribution in [1.29, 1.82) is 5.26 Å². The van der Waals surface area contributed by atoms with Gasteiger partial charge in [-0.25, -0.2) is 0 Å². The van der Waals surface area contributed by atoms with Crippen LogP contribution in [-0.4, -0.2) is 30.6 Å². The van der Waals surface area contributed by atoms with Gasteiger partial charge in [0.1, 0.15) is 0 Å². The first-order valence-electron chi connectivity index (χ1n) is 7.27. The average Bonchev–Trinajstić information content (AvgIpc) is 2.47. The first kappa shape index (κ1) is 14.0. The lowest BCUT2D eigenvalue weighted by Gasteiger charge is -2.36. The molecule has 3 heteroatoms. The summed E-state index contributed by atoms with van der Waals surface area (Å²) in [5, 5.41) is 12.3. The highest BCUT2D eigenvalue weighted by molar-refractivity contribution is 5.31. The molecule has 1 aliphatic heterocycles. The van der Waals surface area contributed by atoms with Gasteiger partial charge in [-0.1, -0.05) is 25.5 Å². The van der Waals surface area contributed by atoms with Crippen LogP contribution in [-0.2, 0) is 6.54 Å². The number of likely N-dealkylation sites (N-methyl/N-ethyl adjacent to an activating group) is 1. The van der Waals surface area contributed by atoms with Crippen molar-refractivity contribution in [3.05, 3.63) is 35.4 Å². The van der Waals surface area contributed by atoms with Gasteiger partial charge in [0.15, 0.2) is 0 Å². The molecule has 1 saturated heterocycles. The highest BCUT2D eigenvalue weighted by Crippen LogP contribution is 2.19. The van der Waals surface area contributed by atoms with Crippen molar-refractivity contribution in [3.8, 4) is 6.07 Å². The second kappa shape index (κ2) is 7.28. The molecule has 19 heavy (non-hydrogen) atoms. The van der Waals surface area contributed by atoms with Crippen molar-refractivity contribution in [2.45, 2.75) is 38.8 Å². The number of rotatable bonds is 5. The van der Waals surface area contributed by atoms with E-state index in [2.05, 4.69) is 35.3 Å². The maximum atomic E-state index is 8.82. The number of piperidine rings is 1. The quantitative estimate of drug-likeness (QED) is 0.881. The molecule has 1 aromatic carbocycles. The third kappa shape index (κ3) is 4.05. The van der Waals surface area contributed by atoms with Gasteiger partial charge >= 0.3 is 0 Å². The minimum Gasteiger partial charge on any atom is -0.315 e. The molecule has 0 radical (unpaired) electrons. The molecule has 2 rings (SSSR count). The molecule has 0 amide bonds. The molecule has 3 nitrogen and oxygen atoms in total. The van der Waals surface area contributed by atoms with E-state index in [0.29, 0.717) is 6.04 Å². The summed E-state index contributed by atoms with van der Waals surface area (Å²) in [6.45, 7) is 6.49. The van der Waals surface area contributed by atoms with Crippen LogP contribution in [0.5, 0.6) is 0 Å². The summed E-state index contributed by atoms with van der Waals surface area (Å²) in [5.74, 6) is 0. The molecule has 0 saturated carbocycles. The van der Waals surface area contributed by atoms with E-state index in [9.17, 15) is 0 Å². The third-order valence-corrected chi connectivity index (χ3v) is 3.85. The van der Waals surface area contributed by atoms with Crippen molar-refractivity contribution < 1.29 is 0 Å². The Bertz CT molecular complexity index is 419. The monoisotopic (exact) mass is 257 g/mol. The molecule has 0 aliphatic carbocycles. The lowest BCUT2D eigenvalue weighted by atomic mass is 10.0. The smallest absolute Gasteiger partial charge is 0.0991 e. The third-order valence-electron chi connectivity index (χ3n) is 3.85. The first-order chi connectivity index (χ1) is 9.33. The van der Waals surface area contributed by atoms with Gasteiger partial charge in [0.2, 0.25) is 0 Å². The van der Waals surface area contributed by atoms with Gasteiger partial charge in [0.05, 0.1) is 11.6 Å². The molecule has 1 unspecified atom stereocenters. The summed E-state index contributed by atoms with van der Waals surface area (Å²) in [6, 6.07) is 10.8. The minimum atomic E-state index is 0.657. The molecular weight excluding hydrogens is 234 g/mol. The Labute approximate surface area is 116 Å². The number of hydrogen-bond donors (Lipinski definition) is 1. The topological polar surface area (TPSA) is 39.1 Å². The van der Waals surface area contributed by atoms with Crippen LogP contribution in [0, 0.1) is 11.3 Å². The second-order valence-corrected chi connectivity index (χ2v) is 5.24. The summed E-state index contributed by atoms with van der Waals surface area (Å²) < 4.78 is 0. The number of nitrogens with one attached hydrogen (secondary N) is 1. The van der Waals surface area contributed by atoms with Crippen molar-refractivity contribution in [3.63, 3.8) is 0 Å². The fourth-order valence-corrected chi connectivity index (χ4v) is 2.73. The normalized spacial score (nSPS) is 20.1. The van der Waals surface area contributed by atoms with Gasteiger partial charge in [-0.15, -0.1) is 0 Å². The van der Waals surface area contributed by atoms with E-state index < -0.39 is 0 Å². The predicted octanol–water partition coefficient (Wildman–Crippen LogP) is 2.52. The van der Waals surface area contributed by atoms with Crippen molar-refractivity contribution in [2.75, 3.05) is 19.6 Å². The lowest BCUT2D eigenvalue weighted by molar-refractivity contribution is 0.138. The summed E-state index contributed by atoms with van der Waals surface area (Å²) in [7, 11) is 0. The highest BCUT2D eigenvalue weighted by atomic mass is 15.2. The van der Waals surface area contributed by atoms with Gasteiger partial charge in [-0.2, -0.15) is 5.26 Å². The van der Waals surface area contributed by atoms with Gasteiger partial charge in [0.25, 0.3) is 0 Å². The maximum Gasteiger partial charge on any atom is 0.0991 e. The summed E-state index contributed by atoms with van der Waals surface area (Å²) >= 11 is 0. The van der Waals surface area contributed by atoms with Crippen molar-refractivity contribution in [1.82, 2.24) is 10.2 Å². The summed E-state index contributed by atoms with van der Waals surface area (Å²) in [5.41, 5.74) is 2.05. The number of hydrogen-bond acceptors (Lipinski definition) is 3. The minimum absolute atomic E-state index is 0.657. The number of likely N-dealkylation sites (tertiary alicyclic amines) is 1. The van der Waals surface area contributed by atoms with Crippen LogP contribution in [0.4, 0.5) is 0 Å².